The first kappa shape index (κ1) is 16.5. The number of methoxy groups -OCH3 is 2. The first-order valence-corrected chi connectivity index (χ1v) is 6.33. The Morgan fingerprint density at radius 2 is 1.44 bits per heavy atom. The van der Waals surface area contributed by atoms with Crippen LogP contribution in [0.4, 0.5) is 9.59 Å². The number of amides is 2. The first-order chi connectivity index (χ1) is 8.63. The number of carbonyl (C=O) groups excluding carboxylic acids is 2. The van der Waals surface area contributed by atoms with E-state index in [0.29, 0.717) is 6.42 Å². The smallest absolute Gasteiger partial charge is 0.408 e. The maximum Gasteiger partial charge on any atom is 0.408 e. The lowest BCUT2D eigenvalue weighted by Crippen LogP contribution is -2.47. The van der Waals surface area contributed by atoms with Gasteiger partial charge in [-0.2, -0.15) is 0 Å². The monoisotopic (exact) mass is 260 g/mol. The Bertz CT molecular complexity index is 228. The van der Waals surface area contributed by atoms with Gasteiger partial charge in [-0.3, -0.25) is 0 Å². The molecular formula is C12H24N2O4. The Hall–Kier alpha value is -1.46. The number of hydrogen-bond donors (Lipinski definition) is 2. The minimum absolute atomic E-state index is 0.452. The maximum atomic E-state index is 11.1. The molecule has 0 saturated carbocycles. The third-order valence-electron chi connectivity index (χ3n) is 2.55. The van der Waals surface area contributed by atoms with Gasteiger partial charge in [0.25, 0.3) is 0 Å². The quantitative estimate of drug-likeness (QED) is 0.519. The Labute approximate surface area is 108 Å². The number of alkyl carbamates (subject to hydrolysis) is 2. The molecule has 0 aliphatic carbocycles. The average molecular weight is 260 g/mol. The Morgan fingerprint density at radius 3 is 1.89 bits per heavy atom. The van der Waals surface area contributed by atoms with E-state index in [4.69, 9.17) is 0 Å². The van der Waals surface area contributed by atoms with Gasteiger partial charge in [0.2, 0.25) is 0 Å². The van der Waals surface area contributed by atoms with Crippen molar-refractivity contribution in [1.29, 1.82) is 0 Å². The molecule has 0 atom stereocenters. The zero-order valence-corrected chi connectivity index (χ0v) is 11.5. The molecular weight excluding hydrogens is 236 g/mol. The van der Waals surface area contributed by atoms with E-state index in [0.717, 1.165) is 12.8 Å². The van der Waals surface area contributed by atoms with Crippen molar-refractivity contribution in [3.63, 3.8) is 0 Å². The third-order valence-corrected chi connectivity index (χ3v) is 2.55. The number of carbonyl (C=O) groups is 2. The van der Waals surface area contributed by atoms with E-state index in [9.17, 15) is 9.59 Å². The van der Waals surface area contributed by atoms with Gasteiger partial charge < -0.3 is 20.1 Å². The van der Waals surface area contributed by atoms with Crippen LogP contribution in [0, 0.1) is 0 Å². The number of rotatable bonds is 8. The predicted octanol–water partition coefficient (Wildman–Crippen LogP) is 2.39. The summed E-state index contributed by atoms with van der Waals surface area (Å²) in [7, 11) is 2.57. The van der Waals surface area contributed by atoms with Gasteiger partial charge in [0, 0.05) is 0 Å². The van der Waals surface area contributed by atoms with Crippen LogP contribution < -0.4 is 10.6 Å². The fourth-order valence-electron chi connectivity index (χ4n) is 1.53. The predicted molar refractivity (Wildman–Crippen MR) is 68.2 cm³/mol. The lowest BCUT2D eigenvalue weighted by Gasteiger charge is -2.18. The van der Waals surface area contributed by atoms with Crippen molar-refractivity contribution < 1.29 is 19.1 Å². The van der Waals surface area contributed by atoms with Gasteiger partial charge in [-0.05, 0) is 12.8 Å². The van der Waals surface area contributed by atoms with Crippen molar-refractivity contribution in [3.8, 4) is 0 Å². The van der Waals surface area contributed by atoms with E-state index in [-0.39, 0.29) is 0 Å². The topological polar surface area (TPSA) is 76.7 Å². The first-order valence-electron chi connectivity index (χ1n) is 6.33. The summed E-state index contributed by atoms with van der Waals surface area (Å²) in [6, 6.07) is 0. The largest absolute Gasteiger partial charge is 0.453 e. The van der Waals surface area contributed by atoms with Gasteiger partial charge in [0.1, 0.15) is 6.17 Å². The van der Waals surface area contributed by atoms with Crippen LogP contribution in [0.3, 0.4) is 0 Å². The van der Waals surface area contributed by atoms with Crippen LogP contribution in [0.1, 0.15) is 45.4 Å². The molecule has 0 rings (SSSR count). The molecule has 0 spiro atoms. The van der Waals surface area contributed by atoms with Crippen LogP contribution in [-0.2, 0) is 9.47 Å². The maximum absolute atomic E-state index is 11.1. The number of hydrogen-bond acceptors (Lipinski definition) is 4. The molecule has 0 saturated heterocycles. The fourth-order valence-corrected chi connectivity index (χ4v) is 1.53. The molecule has 0 aromatic rings. The minimum Gasteiger partial charge on any atom is -0.453 e. The summed E-state index contributed by atoms with van der Waals surface area (Å²) in [6.45, 7) is 2.15. The summed E-state index contributed by atoms with van der Waals surface area (Å²) in [6.07, 6.45) is 4.65. The summed E-state index contributed by atoms with van der Waals surface area (Å²) < 4.78 is 9.00. The van der Waals surface area contributed by atoms with Crippen LogP contribution in [0.5, 0.6) is 0 Å². The van der Waals surface area contributed by atoms with E-state index in [1.54, 1.807) is 0 Å². The zero-order valence-electron chi connectivity index (χ0n) is 11.5. The second-order valence-electron chi connectivity index (χ2n) is 4.03. The van der Waals surface area contributed by atoms with Crippen molar-refractivity contribution >= 4 is 12.2 Å². The van der Waals surface area contributed by atoms with Crippen LogP contribution in [0.15, 0.2) is 0 Å². The Morgan fingerprint density at radius 1 is 0.944 bits per heavy atom. The third kappa shape index (κ3) is 8.66. The van der Waals surface area contributed by atoms with Crippen LogP contribution in [0.2, 0.25) is 0 Å². The van der Waals surface area contributed by atoms with Gasteiger partial charge in [-0.15, -0.1) is 0 Å². The number of ether oxygens (including phenoxy) is 2. The van der Waals surface area contributed by atoms with Gasteiger partial charge in [-0.1, -0.05) is 32.6 Å². The normalized spacial score (nSPS) is 10.0. The SMILES string of the molecule is CCCCCCCC(NC(=O)OC)NC(=O)OC. The summed E-state index contributed by atoms with van der Waals surface area (Å²) in [5.74, 6) is 0. The van der Waals surface area contributed by atoms with Crippen LogP contribution in [0.25, 0.3) is 0 Å². The Balaban J connectivity index is 3.96. The molecule has 0 unspecified atom stereocenters. The van der Waals surface area contributed by atoms with Gasteiger partial charge >= 0.3 is 12.2 Å². The molecule has 2 N–H and O–H groups in total. The highest BCUT2D eigenvalue weighted by molar-refractivity contribution is 5.70. The second kappa shape index (κ2) is 10.7. The van der Waals surface area contributed by atoms with Crippen molar-refractivity contribution in [2.45, 2.75) is 51.6 Å². The van der Waals surface area contributed by atoms with E-state index in [1.165, 1.54) is 33.5 Å². The lowest BCUT2D eigenvalue weighted by atomic mass is 10.1. The van der Waals surface area contributed by atoms with Crippen molar-refractivity contribution in [2.24, 2.45) is 0 Å². The van der Waals surface area contributed by atoms with Crippen LogP contribution in [-0.4, -0.2) is 32.6 Å². The molecule has 6 heteroatoms. The average Bonchev–Trinajstić information content (AvgIpc) is 2.37. The summed E-state index contributed by atoms with van der Waals surface area (Å²) in [4.78, 5) is 22.2. The van der Waals surface area contributed by atoms with E-state index in [1.807, 2.05) is 0 Å². The van der Waals surface area contributed by atoms with Gasteiger partial charge in [0.05, 0.1) is 14.2 Å². The lowest BCUT2D eigenvalue weighted by molar-refractivity contribution is 0.151. The van der Waals surface area contributed by atoms with E-state index >= 15 is 0 Å². The molecule has 0 heterocycles. The summed E-state index contributed by atoms with van der Waals surface area (Å²) >= 11 is 0. The highest BCUT2D eigenvalue weighted by atomic mass is 16.5. The van der Waals surface area contributed by atoms with Gasteiger partial charge in [0.15, 0.2) is 0 Å². The number of unbranched alkanes of at least 4 members (excludes halogenated alkanes) is 4. The minimum atomic E-state index is -0.565. The fraction of sp³-hybridized carbons (Fsp3) is 0.833. The molecule has 0 aromatic carbocycles. The molecule has 0 aromatic heterocycles. The Kier molecular flexibility index (Phi) is 9.81. The zero-order chi connectivity index (χ0) is 13.8. The van der Waals surface area contributed by atoms with Crippen molar-refractivity contribution in [3.05, 3.63) is 0 Å². The molecule has 0 aliphatic rings. The van der Waals surface area contributed by atoms with E-state index in [2.05, 4.69) is 27.0 Å². The molecule has 18 heavy (non-hydrogen) atoms. The van der Waals surface area contributed by atoms with Crippen molar-refractivity contribution in [1.82, 2.24) is 10.6 Å². The molecule has 2 amide bonds. The summed E-state index contributed by atoms with van der Waals surface area (Å²) in [5, 5.41) is 5.10. The molecule has 6 nitrogen and oxygen atoms in total. The van der Waals surface area contributed by atoms with Crippen LogP contribution >= 0.6 is 0 Å². The highest BCUT2D eigenvalue weighted by Gasteiger charge is 2.14. The van der Waals surface area contributed by atoms with Crippen molar-refractivity contribution in [2.75, 3.05) is 14.2 Å². The molecule has 0 fully saturated rings. The van der Waals surface area contributed by atoms with E-state index < -0.39 is 18.4 Å². The molecule has 0 bridgehead atoms. The summed E-state index contributed by atoms with van der Waals surface area (Å²) in [5.41, 5.74) is 0. The number of nitrogens with one attached hydrogen (secondary N) is 2. The molecule has 0 radical (unpaired) electrons. The second-order valence-corrected chi connectivity index (χ2v) is 4.03. The van der Waals surface area contributed by atoms with Gasteiger partial charge in [-0.25, -0.2) is 9.59 Å². The molecule has 106 valence electrons. The molecule has 0 aliphatic heterocycles. The standard InChI is InChI=1S/C12H24N2O4/c1-4-5-6-7-8-9-10(13-11(15)17-2)14-12(16)18-3/h10H,4-9H2,1-3H3,(H,13,15)(H,14,16). The highest BCUT2D eigenvalue weighted by Crippen LogP contribution is 2.06.